The van der Waals surface area contributed by atoms with E-state index < -0.39 is 22.0 Å². The zero-order chi connectivity index (χ0) is 23.4. The highest BCUT2D eigenvalue weighted by Gasteiger charge is 2.36. The minimum Gasteiger partial charge on any atom is -0.476 e. The Hall–Kier alpha value is -3.11. The molecule has 0 radical (unpaired) electrons. The summed E-state index contributed by atoms with van der Waals surface area (Å²) < 4.78 is 37.8. The van der Waals surface area contributed by atoms with Gasteiger partial charge in [0.15, 0.2) is 6.10 Å². The summed E-state index contributed by atoms with van der Waals surface area (Å²) in [6.45, 7) is 2.48. The lowest BCUT2D eigenvalue weighted by Crippen LogP contribution is -2.49. The highest BCUT2D eigenvalue weighted by atomic mass is 32.2. The van der Waals surface area contributed by atoms with E-state index in [0.29, 0.717) is 35.8 Å². The van der Waals surface area contributed by atoms with Crippen LogP contribution < -0.4 is 19.7 Å². The van der Waals surface area contributed by atoms with Crippen molar-refractivity contribution in [2.75, 3.05) is 35.1 Å². The van der Waals surface area contributed by atoms with Gasteiger partial charge >= 0.3 is 0 Å². The van der Waals surface area contributed by atoms with Crippen molar-refractivity contribution in [1.29, 1.82) is 0 Å². The number of hydrogen-bond donors (Lipinski definition) is 2. The lowest BCUT2D eigenvalue weighted by molar-refractivity contribution is -0.122. The van der Waals surface area contributed by atoms with Crippen LogP contribution in [0.15, 0.2) is 48.5 Å². The van der Waals surface area contributed by atoms with E-state index in [-0.39, 0.29) is 24.3 Å². The third-order valence-electron chi connectivity index (χ3n) is 5.67. The fourth-order valence-electron chi connectivity index (χ4n) is 3.87. The fraction of sp³-hybridized carbons (Fsp3) is 0.391. The van der Waals surface area contributed by atoms with E-state index >= 15 is 0 Å². The van der Waals surface area contributed by atoms with Crippen molar-refractivity contribution < 1.29 is 27.5 Å². The van der Waals surface area contributed by atoms with Gasteiger partial charge in [-0.25, -0.2) is 8.42 Å². The van der Waals surface area contributed by atoms with Crippen molar-refractivity contribution in [3.8, 4) is 5.75 Å². The molecular formula is C23H27N3O6S. The van der Waals surface area contributed by atoms with E-state index in [0.717, 1.165) is 12.8 Å². The van der Waals surface area contributed by atoms with Crippen LogP contribution in [0.3, 0.4) is 0 Å². The number of ether oxygens (including phenoxy) is 2. The molecule has 2 aromatic rings. The van der Waals surface area contributed by atoms with Gasteiger partial charge in [0.25, 0.3) is 11.8 Å². The zero-order valence-electron chi connectivity index (χ0n) is 18.3. The number of carbonyl (C=O) groups excluding carboxylic acids is 2. The van der Waals surface area contributed by atoms with Crippen LogP contribution in [0.5, 0.6) is 5.75 Å². The molecule has 2 N–H and O–H groups in total. The van der Waals surface area contributed by atoms with Gasteiger partial charge in [-0.05, 0) is 44.0 Å². The number of fused-ring (bicyclic) bond motifs is 1. The Balaban J connectivity index is 1.50. The first-order chi connectivity index (χ1) is 15.9. The molecule has 0 bridgehead atoms. The van der Waals surface area contributed by atoms with E-state index in [1.807, 2.05) is 0 Å². The molecule has 1 saturated heterocycles. The Morgan fingerprint density at radius 1 is 1.12 bits per heavy atom. The second-order valence-corrected chi connectivity index (χ2v) is 10.1. The van der Waals surface area contributed by atoms with Crippen molar-refractivity contribution in [3.05, 3.63) is 54.1 Å². The minimum absolute atomic E-state index is 0.00194. The third-order valence-corrected chi connectivity index (χ3v) is 7.42. The Bertz CT molecular complexity index is 1130. The highest BCUT2D eigenvalue weighted by molar-refractivity contribution is 7.92. The number of nitrogens with one attached hydrogen (secondary N) is 2. The van der Waals surface area contributed by atoms with Gasteiger partial charge < -0.3 is 20.1 Å². The SMILES string of the molecule is CCS(=O)(=O)N1C[C@H](C(=O)Nc2ccccc2C(=O)NC[C@@H]2CCCO2)Oc2ccccc21. The summed E-state index contributed by atoms with van der Waals surface area (Å²) in [7, 11) is -3.61. The normalized spacial score (nSPS) is 20.0. The summed E-state index contributed by atoms with van der Waals surface area (Å²) in [5.74, 6) is -0.668. The average molecular weight is 474 g/mol. The summed E-state index contributed by atoms with van der Waals surface area (Å²) in [6, 6.07) is 13.3. The second kappa shape index (κ2) is 9.80. The molecule has 4 rings (SSSR count). The lowest BCUT2D eigenvalue weighted by atomic mass is 10.1. The Kier molecular flexibility index (Phi) is 6.85. The van der Waals surface area contributed by atoms with Gasteiger partial charge in [-0.1, -0.05) is 24.3 Å². The minimum atomic E-state index is -3.61. The lowest BCUT2D eigenvalue weighted by Gasteiger charge is -2.34. The molecule has 0 aliphatic carbocycles. The van der Waals surface area contributed by atoms with Crippen LogP contribution in [0.4, 0.5) is 11.4 Å². The van der Waals surface area contributed by atoms with E-state index in [1.54, 1.807) is 55.5 Å². The molecule has 0 spiro atoms. The van der Waals surface area contributed by atoms with Crippen LogP contribution in [0.1, 0.15) is 30.1 Å². The number of sulfonamides is 1. The number of rotatable bonds is 7. The molecule has 0 unspecified atom stereocenters. The summed E-state index contributed by atoms with van der Waals surface area (Å²) in [4.78, 5) is 25.8. The molecule has 9 nitrogen and oxygen atoms in total. The maximum absolute atomic E-state index is 13.1. The Morgan fingerprint density at radius 2 is 1.88 bits per heavy atom. The summed E-state index contributed by atoms with van der Waals surface area (Å²) in [5, 5.41) is 5.58. The molecule has 0 saturated carbocycles. The molecule has 2 heterocycles. The number of carbonyl (C=O) groups is 2. The Morgan fingerprint density at radius 3 is 2.64 bits per heavy atom. The maximum atomic E-state index is 13.1. The Labute approximate surface area is 193 Å². The van der Waals surface area contributed by atoms with E-state index in [9.17, 15) is 18.0 Å². The van der Waals surface area contributed by atoms with E-state index in [1.165, 1.54) is 4.31 Å². The van der Waals surface area contributed by atoms with Crippen molar-refractivity contribution in [3.63, 3.8) is 0 Å². The number of nitrogens with zero attached hydrogens (tertiary/aromatic N) is 1. The van der Waals surface area contributed by atoms with Gasteiger partial charge in [0.05, 0.1) is 35.3 Å². The largest absolute Gasteiger partial charge is 0.476 e. The van der Waals surface area contributed by atoms with Gasteiger partial charge in [0, 0.05) is 13.2 Å². The smallest absolute Gasteiger partial charge is 0.267 e. The molecule has 33 heavy (non-hydrogen) atoms. The molecule has 10 heteroatoms. The molecule has 2 atom stereocenters. The highest BCUT2D eigenvalue weighted by Crippen LogP contribution is 2.35. The van der Waals surface area contributed by atoms with Gasteiger partial charge in [0.1, 0.15) is 5.75 Å². The maximum Gasteiger partial charge on any atom is 0.267 e. The van der Waals surface area contributed by atoms with E-state index in [4.69, 9.17) is 9.47 Å². The number of hydrogen-bond acceptors (Lipinski definition) is 6. The number of benzene rings is 2. The molecule has 0 aromatic heterocycles. The predicted molar refractivity (Wildman–Crippen MR) is 124 cm³/mol. The number of amides is 2. The van der Waals surface area contributed by atoms with Gasteiger partial charge in [-0.3, -0.25) is 13.9 Å². The topological polar surface area (TPSA) is 114 Å². The molecule has 2 aliphatic heterocycles. The van der Waals surface area contributed by atoms with E-state index in [2.05, 4.69) is 10.6 Å². The van der Waals surface area contributed by atoms with Gasteiger partial charge in [0.2, 0.25) is 10.0 Å². The summed E-state index contributed by atoms with van der Waals surface area (Å²) in [6.07, 6.45) is 0.792. The van der Waals surface area contributed by atoms with Crippen LogP contribution in [-0.2, 0) is 19.6 Å². The summed E-state index contributed by atoms with van der Waals surface area (Å²) >= 11 is 0. The molecular weight excluding hydrogens is 446 g/mol. The third kappa shape index (κ3) is 5.12. The monoisotopic (exact) mass is 473 g/mol. The fourth-order valence-corrected chi connectivity index (χ4v) is 4.99. The molecule has 2 aromatic carbocycles. The van der Waals surface area contributed by atoms with Crippen LogP contribution >= 0.6 is 0 Å². The molecule has 2 aliphatic rings. The van der Waals surface area contributed by atoms with Crippen molar-refractivity contribution >= 4 is 33.2 Å². The van der Waals surface area contributed by atoms with Crippen molar-refractivity contribution in [1.82, 2.24) is 5.32 Å². The van der Waals surface area contributed by atoms with Crippen LogP contribution in [-0.4, -0.2) is 57.9 Å². The predicted octanol–water partition coefficient (Wildman–Crippen LogP) is 2.15. The first-order valence-electron chi connectivity index (χ1n) is 10.9. The molecule has 176 valence electrons. The zero-order valence-corrected chi connectivity index (χ0v) is 19.1. The van der Waals surface area contributed by atoms with Crippen LogP contribution in [0.2, 0.25) is 0 Å². The number of para-hydroxylation sites is 3. The average Bonchev–Trinajstić information content (AvgIpc) is 3.36. The first-order valence-corrected chi connectivity index (χ1v) is 12.6. The van der Waals surface area contributed by atoms with Crippen LogP contribution in [0, 0.1) is 0 Å². The first kappa shape index (κ1) is 23.1. The quantitative estimate of drug-likeness (QED) is 0.637. The second-order valence-electron chi connectivity index (χ2n) is 7.89. The number of anilines is 2. The molecule has 2 amide bonds. The van der Waals surface area contributed by atoms with Crippen molar-refractivity contribution in [2.45, 2.75) is 32.0 Å². The molecule has 1 fully saturated rings. The van der Waals surface area contributed by atoms with Crippen molar-refractivity contribution in [2.24, 2.45) is 0 Å². The standard InChI is InChI=1S/C23H27N3O6S/c1-2-33(29,30)26-15-21(32-20-12-6-5-11-19(20)26)23(28)25-18-10-4-3-9-17(18)22(27)24-14-16-8-7-13-31-16/h3-6,9-12,16,21H,2,7-8,13-15H2,1H3,(H,24,27)(H,25,28)/t16-,21+/m0/s1. The van der Waals surface area contributed by atoms with Gasteiger partial charge in [-0.2, -0.15) is 0 Å². The summed E-state index contributed by atoms with van der Waals surface area (Å²) in [5.41, 5.74) is 1.02. The van der Waals surface area contributed by atoms with Crippen LogP contribution in [0.25, 0.3) is 0 Å². The van der Waals surface area contributed by atoms with Gasteiger partial charge in [-0.15, -0.1) is 0 Å².